The van der Waals surface area contributed by atoms with Crippen molar-refractivity contribution in [1.82, 2.24) is 4.90 Å². The van der Waals surface area contributed by atoms with Gasteiger partial charge in [0.1, 0.15) is 12.4 Å². The summed E-state index contributed by atoms with van der Waals surface area (Å²) in [5.41, 5.74) is 3.17. The number of fused-ring (bicyclic) bond motifs is 1. The summed E-state index contributed by atoms with van der Waals surface area (Å²) in [5.74, 6) is 0.377. The Morgan fingerprint density at radius 2 is 1.97 bits per heavy atom. The van der Waals surface area contributed by atoms with Crippen molar-refractivity contribution in [3.8, 4) is 5.75 Å². The molecule has 0 N–H and O–H groups in total. The zero-order valence-electron chi connectivity index (χ0n) is 16.7. The van der Waals surface area contributed by atoms with Gasteiger partial charge in [0.05, 0.1) is 23.9 Å². The summed E-state index contributed by atoms with van der Waals surface area (Å²) in [4.78, 5) is 19.5. The van der Waals surface area contributed by atoms with Gasteiger partial charge in [-0.05, 0) is 43.0 Å². The van der Waals surface area contributed by atoms with Crippen LogP contribution in [0.5, 0.6) is 5.75 Å². The van der Waals surface area contributed by atoms with Gasteiger partial charge in [-0.3, -0.25) is 0 Å². The summed E-state index contributed by atoms with van der Waals surface area (Å²) in [6.07, 6.45) is 1.95. The lowest BCUT2D eigenvalue weighted by Crippen LogP contribution is -2.34. The first-order valence-corrected chi connectivity index (χ1v) is 11.3. The van der Waals surface area contributed by atoms with Gasteiger partial charge in [-0.2, -0.15) is 0 Å². The number of benzene rings is 2. The van der Waals surface area contributed by atoms with E-state index in [1.807, 2.05) is 72.0 Å². The minimum Gasteiger partial charge on any atom is -0.489 e. The average molecular weight is 485 g/mol. The average Bonchev–Trinajstić information content (AvgIpc) is 3.21. The molecular weight excluding hydrogens is 464 g/mol. The van der Waals surface area contributed by atoms with Gasteiger partial charge in [0, 0.05) is 16.2 Å². The van der Waals surface area contributed by atoms with Gasteiger partial charge in [0.2, 0.25) is 0 Å². The number of carbonyl (C=O) groups excluding carboxylic acids is 1. The molecule has 0 spiro atoms. The van der Waals surface area contributed by atoms with Crippen LogP contribution >= 0.6 is 27.7 Å². The van der Waals surface area contributed by atoms with E-state index in [0.29, 0.717) is 24.5 Å². The lowest BCUT2D eigenvalue weighted by atomic mass is 9.94. The first-order chi connectivity index (χ1) is 14.6. The highest BCUT2D eigenvalue weighted by molar-refractivity contribution is 9.10. The number of rotatable bonds is 6. The van der Waals surface area contributed by atoms with E-state index in [4.69, 9.17) is 9.47 Å². The van der Waals surface area contributed by atoms with Gasteiger partial charge in [0.15, 0.2) is 5.17 Å². The second kappa shape index (κ2) is 9.10. The van der Waals surface area contributed by atoms with Crippen molar-refractivity contribution in [3.63, 3.8) is 0 Å². The van der Waals surface area contributed by atoms with Crippen molar-refractivity contribution in [2.24, 2.45) is 4.99 Å². The maximum atomic E-state index is 12.9. The Morgan fingerprint density at radius 1 is 1.20 bits per heavy atom. The summed E-state index contributed by atoms with van der Waals surface area (Å²) in [6.45, 7) is 4.40. The number of amidine groups is 1. The molecule has 0 radical (unpaired) electrons. The summed E-state index contributed by atoms with van der Waals surface area (Å²) in [7, 11) is 0. The van der Waals surface area contributed by atoms with Crippen molar-refractivity contribution < 1.29 is 14.3 Å². The molecule has 0 saturated heterocycles. The Bertz CT molecular complexity index is 1050. The number of hydrogen-bond acceptors (Lipinski definition) is 6. The highest BCUT2D eigenvalue weighted by atomic mass is 79.9. The maximum Gasteiger partial charge on any atom is 0.338 e. The van der Waals surface area contributed by atoms with Crippen molar-refractivity contribution in [1.29, 1.82) is 0 Å². The molecule has 7 heteroatoms. The van der Waals surface area contributed by atoms with Crippen LogP contribution in [0.2, 0.25) is 0 Å². The molecule has 2 aliphatic heterocycles. The fourth-order valence-electron chi connectivity index (χ4n) is 3.46. The molecule has 0 unspecified atom stereocenters. The molecule has 0 amide bonds. The highest BCUT2D eigenvalue weighted by Gasteiger charge is 2.38. The number of esters is 1. The molecule has 4 rings (SSSR count). The van der Waals surface area contributed by atoms with Crippen molar-refractivity contribution in [3.05, 3.63) is 87.0 Å². The monoisotopic (exact) mass is 484 g/mol. The van der Waals surface area contributed by atoms with Gasteiger partial charge in [-0.1, -0.05) is 58.0 Å². The normalized spacial score (nSPS) is 17.6. The molecular formula is C23H21BrN2O3S. The van der Waals surface area contributed by atoms with Crippen molar-refractivity contribution in [2.75, 3.05) is 6.61 Å². The van der Waals surface area contributed by atoms with Crippen molar-refractivity contribution in [2.45, 2.75) is 26.5 Å². The highest BCUT2D eigenvalue weighted by Crippen LogP contribution is 2.43. The molecule has 2 aliphatic rings. The molecule has 1 atom stereocenters. The van der Waals surface area contributed by atoms with Crippen LogP contribution < -0.4 is 4.74 Å². The molecule has 0 aliphatic carbocycles. The number of aliphatic imine (C=N–C) groups is 1. The smallest absolute Gasteiger partial charge is 0.338 e. The molecule has 0 aromatic heterocycles. The molecule has 154 valence electrons. The lowest BCUT2D eigenvalue weighted by Gasteiger charge is -2.34. The van der Waals surface area contributed by atoms with Crippen molar-refractivity contribution >= 4 is 38.8 Å². The number of para-hydroxylation sites is 1. The van der Waals surface area contributed by atoms with Gasteiger partial charge < -0.3 is 14.4 Å². The quantitative estimate of drug-likeness (QED) is 0.485. The van der Waals surface area contributed by atoms with E-state index in [0.717, 1.165) is 26.5 Å². The Labute approximate surface area is 188 Å². The predicted molar refractivity (Wildman–Crippen MR) is 123 cm³/mol. The number of hydrogen-bond donors (Lipinski definition) is 0. The Morgan fingerprint density at radius 3 is 2.73 bits per heavy atom. The van der Waals surface area contributed by atoms with E-state index in [9.17, 15) is 4.79 Å². The fraction of sp³-hybridized carbons (Fsp3) is 0.217. The van der Waals surface area contributed by atoms with E-state index in [-0.39, 0.29) is 12.0 Å². The topological polar surface area (TPSA) is 51.1 Å². The van der Waals surface area contributed by atoms with E-state index in [1.54, 1.807) is 6.92 Å². The molecule has 30 heavy (non-hydrogen) atoms. The van der Waals surface area contributed by atoms with E-state index in [2.05, 4.69) is 20.9 Å². The summed E-state index contributed by atoms with van der Waals surface area (Å²) < 4.78 is 12.6. The number of halogens is 1. The van der Waals surface area contributed by atoms with Crippen LogP contribution in [-0.2, 0) is 16.1 Å². The Hall–Kier alpha value is -2.51. The number of thioether (sulfide) groups is 1. The minimum absolute atomic E-state index is 0.311. The van der Waals surface area contributed by atoms with E-state index < -0.39 is 0 Å². The standard InChI is InChI=1S/C23H21BrN2O3S/c1-3-28-22(27)20-15(2)25-23-26(12-13-30-23)21(20)18-6-4-5-7-19(18)29-14-16-8-10-17(24)11-9-16/h4-13,21H,3,14H2,1-2H3/t21-/m1/s1. The largest absolute Gasteiger partial charge is 0.489 e. The summed E-state index contributed by atoms with van der Waals surface area (Å²) >= 11 is 4.99. The minimum atomic E-state index is -0.357. The van der Waals surface area contributed by atoms with Gasteiger partial charge in [0.25, 0.3) is 0 Å². The molecule has 0 fully saturated rings. The molecule has 0 saturated carbocycles. The van der Waals surface area contributed by atoms with Gasteiger partial charge in [-0.25, -0.2) is 9.79 Å². The molecule has 2 aromatic rings. The van der Waals surface area contributed by atoms with Crippen LogP contribution in [0.15, 0.2) is 80.9 Å². The van der Waals surface area contributed by atoms with Crippen LogP contribution in [-0.4, -0.2) is 22.6 Å². The summed E-state index contributed by atoms with van der Waals surface area (Å²) in [6, 6.07) is 15.5. The second-order valence-electron chi connectivity index (χ2n) is 6.78. The third-order valence-electron chi connectivity index (χ3n) is 4.84. The fourth-order valence-corrected chi connectivity index (χ4v) is 4.51. The van der Waals surface area contributed by atoms with E-state index in [1.165, 1.54) is 11.8 Å². The van der Waals surface area contributed by atoms with Crippen LogP contribution in [0, 0.1) is 0 Å². The lowest BCUT2D eigenvalue weighted by molar-refractivity contribution is -0.139. The molecule has 2 aromatic carbocycles. The third-order valence-corrected chi connectivity index (χ3v) is 6.14. The zero-order valence-corrected chi connectivity index (χ0v) is 19.1. The predicted octanol–water partition coefficient (Wildman–Crippen LogP) is 5.80. The maximum absolute atomic E-state index is 12.9. The molecule has 2 heterocycles. The van der Waals surface area contributed by atoms with Crippen LogP contribution in [0.3, 0.4) is 0 Å². The Kier molecular flexibility index (Phi) is 6.29. The van der Waals surface area contributed by atoms with Crippen LogP contribution in [0.4, 0.5) is 0 Å². The summed E-state index contributed by atoms with van der Waals surface area (Å²) in [5, 5.41) is 2.81. The number of allylic oxidation sites excluding steroid dienone is 1. The third kappa shape index (κ3) is 4.18. The number of nitrogens with zero attached hydrogens (tertiary/aromatic N) is 2. The van der Waals surface area contributed by atoms with Crippen LogP contribution in [0.25, 0.3) is 0 Å². The zero-order chi connectivity index (χ0) is 21.1. The van der Waals surface area contributed by atoms with E-state index >= 15 is 0 Å². The first kappa shape index (κ1) is 20.8. The number of carbonyl (C=O) groups is 1. The number of ether oxygens (including phenoxy) is 2. The molecule has 0 bridgehead atoms. The first-order valence-electron chi connectivity index (χ1n) is 9.63. The van der Waals surface area contributed by atoms with Gasteiger partial charge in [-0.15, -0.1) is 0 Å². The second-order valence-corrected chi connectivity index (χ2v) is 8.57. The molecule has 5 nitrogen and oxygen atoms in total. The van der Waals surface area contributed by atoms with Crippen LogP contribution in [0.1, 0.15) is 31.0 Å². The van der Waals surface area contributed by atoms with Gasteiger partial charge >= 0.3 is 5.97 Å². The SMILES string of the molecule is CCOC(=O)C1=C(C)N=C2SC=CN2[C@@H]1c1ccccc1OCc1ccc(Br)cc1. The Balaban J connectivity index is 1.70.